The van der Waals surface area contributed by atoms with Crippen LogP contribution in [0.15, 0.2) is 48.6 Å². The number of allylic oxidation sites excluding steroid dienone is 8. The number of unbranched alkanes of at least 4 members (excludes halogenated alkanes) is 23. The third kappa shape index (κ3) is 47.4. The number of quaternary nitrogens is 1. The van der Waals surface area contributed by atoms with Crippen molar-refractivity contribution < 1.29 is 37.3 Å². The van der Waals surface area contributed by atoms with E-state index in [9.17, 15) is 14.3 Å². The summed E-state index contributed by atoms with van der Waals surface area (Å²) in [6, 6.07) is 0. The average molecular weight is 853 g/mol. The first-order chi connectivity index (χ1) is 28.6. The number of esters is 1. The molecule has 1 N–H and O–H groups in total. The number of likely N-dealkylation sites (N-methyl/N-ethyl adjacent to an activating group) is 1. The van der Waals surface area contributed by atoms with E-state index >= 15 is 0 Å². The number of rotatable bonds is 45. The number of carbonyl (C=O) groups excluding carboxylic acids is 1. The Morgan fingerprint density at radius 1 is 0.525 bits per heavy atom. The Balaban J connectivity index is 4.11. The molecule has 0 saturated carbocycles. The van der Waals surface area contributed by atoms with Gasteiger partial charge >= 0.3 is 13.8 Å². The lowest BCUT2D eigenvalue weighted by atomic mass is 10.0. The standard InChI is InChI=1S/C50H94NO7P/c1-6-8-10-12-14-16-18-20-21-22-23-24-25-26-27-28-29-30-31-32-33-35-37-39-41-43-50(52)58-49(48-57-59(53,54)56-46-44-51(3,4)5)47-55-45-42-40-38-36-34-19-17-15-13-11-9-7-2/h13,15,18,20,22-23,25-26,49H,6-12,14,16-17,19,21,24,27-48H2,1-5H3/p+1/b15-13-,20-18-,23-22-,26-25-. The third-order valence-corrected chi connectivity index (χ3v) is 11.3. The van der Waals surface area contributed by atoms with E-state index in [1.165, 1.54) is 141 Å². The van der Waals surface area contributed by atoms with Crippen LogP contribution in [0.3, 0.4) is 0 Å². The lowest BCUT2D eigenvalue weighted by Gasteiger charge is -2.24. The van der Waals surface area contributed by atoms with Crippen molar-refractivity contribution in [3.05, 3.63) is 48.6 Å². The van der Waals surface area contributed by atoms with Gasteiger partial charge in [0.2, 0.25) is 0 Å². The molecule has 9 heteroatoms. The third-order valence-electron chi connectivity index (χ3n) is 10.4. The molecule has 2 atom stereocenters. The van der Waals surface area contributed by atoms with E-state index < -0.39 is 13.9 Å². The molecule has 0 aliphatic carbocycles. The van der Waals surface area contributed by atoms with Gasteiger partial charge in [-0.25, -0.2) is 4.57 Å². The summed E-state index contributed by atoms with van der Waals surface area (Å²) in [7, 11) is 1.66. The van der Waals surface area contributed by atoms with Crippen LogP contribution in [0.1, 0.15) is 206 Å². The molecule has 346 valence electrons. The molecule has 0 aliphatic rings. The summed E-state index contributed by atoms with van der Waals surface area (Å²) < 4.78 is 35.0. The average Bonchev–Trinajstić information content (AvgIpc) is 3.19. The quantitative estimate of drug-likeness (QED) is 0.0214. The van der Waals surface area contributed by atoms with E-state index in [-0.39, 0.29) is 25.8 Å². The molecule has 59 heavy (non-hydrogen) atoms. The Hall–Kier alpha value is -1.54. The number of hydrogen-bond acceptors (Lipinski definition) is 6. The van der Waals surface area contributed by atoms with Crippen LogP contribution in [-0.4, -0.2) is 75.6 Å². The fourth-order valence-corrected chi connectivity index (χ4v) is 7.28. The van der Waals surface area contributed by atoms with Crippen LogP contribution in [0.25, 0.3) is 0 Å². The molecule has 0 heterocycles. The maximum Gasteiger partial charge on any atom is 0.472 e. The SMILES string of the molecule is CCCC/C=C\CCCCCCCCOCC(COP(=O)(O)OCC[N+](C)(C)C)OC(=O)CCCCCCCCCCCC/C=C\C/C=C\C/C=C\CCCCCCC. The number of ether oxygens (including phenoxy) is 2. The molecular weight excluding hydrogens is 758 g/mol. The van der Waals surface area contributed by atoms with Gasteiger partial charge in [-0.1, -0.05) is 178 Å². The molecule has 2 unspecified atom stereocenters. The molecule has 0 rings (SSSR count). The van der Waals surface area contributed by atoms with Crippen LogP contribution < -0.4 is 0 Å². The molecule has 0 amide bonds. The van der Waals surface area contributed by atoms with E-state index in [4.69, 9.17) is 18.5 Å². The minimum Gasteiger partial charge on any atom is -0.457 e. The van der Waals surface area contributed by atoms with E-state index in [1.54, 1.807) is 0 Å². The van der Waals surface area contributed by atoms with Crippen molar-refractivity contribution in [2.45, 2.75) is 213 Å². The van der Waals surface area contributed by atoms with Gasteiger partial charge in [-0.2, -0.15) is 0 Å². The predicted octanol–water partition coefficient (Wildman–Crippen LogP) is 14.7. The Kier molecular flexibility index (Phi) is 42.0. The van der Waals surface area contributed by atoms with Crippen molar-refractivity contribution in [3.63, 3.8) is 0 Å². The lowest BCUT2D eigenvalue weighted by molar-refractivity contribution is -0.870. The maximum absolute atomic E-state index is 12.7. The number of phosphoric ester groups is 1. The fraction of sp³-hybridized carbons (Fsp3) is 0.820. The van der Waals surface area contributed by atoms with Gasteiger partial charge in [0.1, 0.15) is 19.3 Å². The van der Waals surface area contributed by atoms with Gasteiger partial charge in [0.25, 0.3) is 0 Å². The van der Waals surface area contributed by atoms with Gasteiger partial charge in [-0.05, 0) is 70.6 Å². The Labute approximate surface area is 365 Å². The van der Waals surface area contributed by atoms with Crippen molar-refractivity contribution in [2.75, 3.05) is 54.1 Å². The van der Waals surface area contributed by atoms with Crippen molar-refractivity contribution >= 4 is 13.8 Å². The van der Waals surface area contributed by atoms with Crippen molar-refractivity contribution in [1.82, 2.24) is 0 Å². The highest BCUT2D eigenvalue weighted by atomic mass is 31.2. The molecule has 0 radical (unpaired) electrons. The van der Waals surface area contributed by atoms with Gasteiger partial charge in [0.05, 0.1) is 34.4 Å². The van der Waals surface area contributed by atoms with E-state index in [0.717, 1.165) is 44.9 Å². The van der Waals surface area contributed by atoms with Crippen LogP contribution in [-0.2, 0) is 27.9 Å². The summed E-state index contributed by atoms with van der Waals surface area (Å²) in [5.41, 5.74) is 0. The largest absolute Gasteiger partial charge is 0.472 e. The first-order valence-corrected chi connectivity index (χ1v) is 25.9. The number of carbonyl (C=O) groups is 1. The highest BCUT2D eigenvalue weighted by Gasteiger charge is 2.26. The van der Waals surface area contributed by atoms with Gasteiger partial charge in [-0.15, -0.1) is 0 Å². The molecule has 0 saturated heterocycles. The molecular formula is C50H95NO7P+. The zero-order valence-electron chi connectivity index (χ0n) is 39.2. The first-order valence-electron chi connectivity index (χ1n) is 24.4. The summed E-state index contributed by atoms with van der Waals surface area (Å²) >= 11 is 0. The van der Waals surface area contributed by atoms with Crippen molar-refractivity contribution in [2.24, 2.45) is 0 Å². The summed E-state index contributed by atoms with van der Waals surface area (Å²) in [5.74, 6) is -0.320. The Bertz CT molecular complexity index is 1080. The highest BCUT2D eigenvalue weighted by molar-refractivity contribution is 7.47. The summed E-state index contributed by atoms with van der Waals surface area (Å²) in [6.45, 7) is 5.57. The highest BCUT2D eigenvalue weighted by Crippen LogP contribution is 2.43. The molecule has 8 nitrogen and oxygen atoms in total. The summed E-state index contributed by atoms with van der Waals surface area (Å²) in [5, 5.41) is 0. The minimum atomic E-state index is -4.28. The lowest BCUT2D eigenvalue weighted by Crippen LogP contribution is -2.37. The van der Waals surface area contributed by atoms with E-state index in [2.05, 4.69) is 62.5 Å². The fourth-order valence-electron chi connectivity index (χ4n) is 6.54. The van der Waals surface area contributed by atoms with E-state index in [0.29, 0.717) is 24.1 Å². The molecule has 0 aromatic heterocycles. The molecule has 0 aliphatic heterocycles. The van der Waals surface area contributed by atoms with Crippen LogP contribution >= 0.6 is 7.82 Å². The van der Waals surface area contributed by atoms with Crippen LogP contribution in [0.4, 0.5) is 0 Å². The van der Waals surface area contributed by atoms with Gasteiger partial charge in [0, 0.05) is 13.0 Å². The van der Waals surface area contributed by atoms with Crippen molar-refractivity contribution in [1.29, 1.82) is 0 Å². The number of hydrogen-bond donors (Lipinski definition) is 1. The second-order valence-corrected chi connectivity index (χ2v) is 18.9. The van der Waals surface area contributed by atoms with Gasteiger partial charge in [-0.3, -0.25) is 13.8 Å². The number of nitrogens with zero attached hydrogens (tertiary/aromatic N) is 1. The topological polar surface area (TPSA) is 91.3 Å². The monoisotopic (exact) mass is 853 g/mol. The minimum absolute atomic E-state index is 0.0856. The molecule has 0 fully saturated rings. The first kappa shape index (κ1) is 57.5. The number of phosphoric acid groups is 1. The molecule has 0 bridgehead atoms. The Morgan fingerprint density at radius 3 is 1.46 bits per heavy atom. The molecule has 0 spiro atoms. The molecule has 0 aromatic rings. The predicted molar refractivity (Wildman–Crippen MR) is 252 cm³/mol. The Morgan fingerprint density at radius 2 is 0.949 bits per heavy atom. The summed E-state index contributed by atoms with van der Waals surface area (Å²) in [6.07, 6.45) is 52.9. The van der Waals surface area contributed by atoms with Gasteiger partial charge in [0.15, 0.2) is 0 Å². The van der Waals surface area contributed by atoms with E-state index in [1.807, 2.05) is 21.1 Å². The second-order valence-electron chi connectivity index (χ2n) is 17.5. The van der Waals surface area contributed by atoms with Crippen molar-refractivity contribution in [3.8, 4) is 0 Å². The smallest absolute Gasteiger partial charge is 0.457 e. The normalized spacial score (nSPS) is 14.1. The molecule has 0 aromatic carbocycles. The van der Waals surface area contributed by atoms with Gasteiger partial charge < -0.3 is 18.9 Å². The zero-order chi connectivity index (χ0) is 43.4. The maximum atomic E-state index is 12.7. The van der Waals surface area contributed by atoms with Crippen LogP contribution in [0, 0.1) is 0 Å². The van der Waals surface area contributed by atoms with Crippen LogP contribution in [0.5, 0.6) is 0 Å². The second kappa shape index (κ2) is 43.1. The zero-order valence-corrected chi connectivity index (χ0v) is 40.1. The van der Waals surface area contributed by atoms with Crippen LogP contribution in [0.2, 0.25) is 0 Å². The summed E-state index contributed by atoms with van der Waals surface area (Å²) in [4.78, 5) is 22.9.